The number of guanidine groups is 1. The Morgan fingerprint density at radius 1 is 0.806 bits per heavy atom. The van der Waals surface area contributed by atoms with Gasteiger partial charge in [-0.25, -0.2) is 21.6 Å². The summed E-state index contributed by atoms with van der Waals surface area (Å²) in [6, 6.07) is 5.17. The van der Waals surface area contributed by atoms with Crippen LogP contribution in [0.25, 0.3) is 0 Å². The molecule has 0 aliphatic carbocycles. The summed E-state index contributed by atoms with van der Waals surface area (Å²) in [5.41, 5.74) is 11.7. The van der Waals surface area contributed by atoms with E-state index in [-0.39, 0.29) is 32.0 Å². The molecule has 0 aromatic heterocycles. The average molecular weight is 536 g/mol. The van der Waals surface area contributed by atoms with Crippen LogP contribution in [0.3, 0.4) is 0 Å². The lowest BCUT2D eigenvalue weighted by atomic mass is 10.0. The number of ketones is 2. The molecule has 0 bridgehead atoms. The van der Waals surface area contributed by atoms with Crippen molar-refractivity contribution in [3.8, 4) is 0 Å². The zero-order valence-corrected chi connectivity index (χ0v) is 20.9. The molecule has 0 atom stereocenters. The molecule has 190 valence electrons. The van der Waals surface area contributed by atoms with E-state index in [2.05, 4.69) is 9.73 Å². The van der Waals surface area contributed by atoms with E-state index in [0.29, 0.717) is 11.1 Å². The molecule has 2 heterocycles. The van der Waals surface area contributed by atoms with Crippen LogP contribution in [-0.4, -0.2) is 64.9 Å². The normalized spacial score (nSPS) is 16.3. The number of aliphatic imine (C=N–C) groups is 1. The number of fused-ring (bicyclic) bond motifs is 2. The lowest BCUT2D eigenvalue weighted by Crippen LogP contribution is -2.24. The van der Waals surface area contributed by atoms with Gasteiger partial charge in [0.25, 0.3) is 5.91 Å². The number of benzene rings is 2. The third-order valence-electron chi connectivity index (χ3n) is 5.43. The third-order valence-corrected chi connectivity index (χ3v) is 8.73. The second kappa shape index (κ2) is 9.28. The van der Waals surface area contributed by atoms with E-state index in [1.54, 1.807) is 13.8 Å². The molecule has 12 nitrogen and oxygen atoms in total. The maximum Gasteiger partial charge on any atom is 0.338 e. The molecular weight excluding hydrogens is 514 g/mol. The number of ether oxygens (including phenoxy) is 1. The van der Waals surface area contributed by atoms with Crippen LogP contribution in [0.5, 0.6) is 0 Å². The molecule has 2 aromatic carbocycles. The quantitative estimate of drug-likeness (QED) is 0.300. The fraction of sp³-hybridized carbons (Fsp3) is 0.227. The molecule has 0 fully saturated rings. The average Bonchev–Trinajstić information content (AvgIpc) is 3.12. The van der Waals surface area contributed by atoms with Crippen molar-refractivity contribution in [2.75, 3.05) is 18.6 Å². The van der Waals surface area contributed by atoms with Crippen molar-refractivity contribution in [3.05, 3.63) is 57.6 Å². The van der Waals surface area contributed by atoms with E-state index in [1.165, 1.54) is 25.3 Å². The summed E-state index contributed by atoms with van der Waals surface area (Å²) in [6.07, 6.45) is 0. The Labute approximate surface area is 206 Å². The fourth-order valence-corrected chi connectivity index (χ4v) is 6.64. The molecule has 0 saturated carbocycles. The summed E-state index contributed by atoms with van der Waals surface area (Å²) in [4.78, 5) is 49.4. The summed E-state index contributed by atoms with van der Waals surface area (Å²) >= 11 is 0. The molecule has 0 unspecified atom stereocenters. The van der Waals surface area contributed by atoms with Crippen molar-refractivity contribution >= 4 is 49.1 Å². The van der Waals surface area contributed by atoms with Gasteiger partial charge >= 0.3 is 5.97 Å². The number of nitrogens with zero attached hydrogens (tertiary/aromatic N) is 1. The van der Waals surface area contributed by atoms with Gasteiger partial charge in [0.05, 0.1) is 22.5 Å². The number of amides is 1. The lowest BCUT2D eigenvalue weighted by molar-refractivity contribution is 0.0599. The number of hydrogen-bond acceptors (Lipinski definition) is 9. The van der Waals surface area contributed by atoms with E-state index in [0.717, 1.165) is 6.07 Å². The highest BCUT2D eigenvalue weighted by Crippen LogP contribution is 2.30. The van der Waals surface area contributed by atoms with Gasteiger partial charge in [0.2, 0.25) is 0 Å². The number of aryl methyl sites for hydroxylation is 2. The first-order valence-electron chi connectivity index (χ1n) is 10.1. The first-order chi connectivity index (χ1) is 16.6. The van der Waals surface area contributed by atoms with Gasteiger partial charge in [0.1, 0.15) is 11.5 Å². The first-order valence-corrected chi connectivity index (χ1v) is 13.4. The van der Waals surface area contributed by atoms with Crippen LogP contribution < -0.4 is 11.5 Å². The summed E-state index contributed by atoms with van der Waals surface area (Å²) in [5, 5.41) is 0. The molecule has 0 radical (unpaired) electrons. The minimum atomic E-state index is -3.67. The standard InChI is InChI=1S/C11H11N3O4S.C11H10O5S/c1-5-2-7-8(15)4-19(17,18)9(7)3-6(5)10(16)14-11(12)13;1-6-3-8-9(12)5-17(14,15)10(8)4-7(6)11(13)16-2/h2-3H,4H2,1H3,(H4,12,13,14,16);3-4H,5H2,1-2H3. The van der Waals surface area contributed by atoms with Crippen LogP contribution in [0, 0.1) is 13.8 Å². The number of hydrogen-bond donors (Lipinski definition) is 2. The van der Waals surface area contributed by atoms with E-state index in [1.807, 2.05) is 0 Å². The molecule has 14 heteroatoms. The number of methoxy groups -OCH3 is 1. The number of carbonyl (C=O) groups is 4. The largest absolute Gasteiger partial charge is 0.465 e. The molecule has 1 amide bonds. The number of Topliss-reactive ketones (excluding diaryl/α,β-unsaturated/α-hetero) is 2. The number of nitrogens with two attached hydrogens (primary N) is 2. The van der Waals surface area contributed by atoms with E-state index >= 15 is 0 Å². The summed E-state index contributed by atoms with van der Waals surface area (Å²) < 4.78 is 51.4. The van der Waals surface area contributed by atoms with Gasteiger partial charge in [-0.1, -0.05) is 0 Å². The smallest absolute Gasteiger partial charge is 0.338 e. The maximum atomic E-state index is 11.8. The van der Waals surface area contributed by atoms with Crippen LogP contribution in [0.2, 0.25) is 0 Å². The first kappa shape index (κ1) is 26.7. The van der Waals surface area contributed by atoms with E-state index in [9.17, 15) is 36.0 Å². The van der Waals surface area contributed by atoms with Crippen molar-refractivity contribution in [3.63, 3.8) is 0 Å². The number of esters is 1. The minimum absolute atomic E-state index is 0.0606. The summed E-state index contributed by atoms with van der Waals surface area (Å²) in [6.45, 7) is 3.21. The van der Waals surface area contributed by atoms with Gasteiger partial charge < -0.3 is 16.2 Å². The predicted octanol–water partition coefficient (Wildman–Crippen LogP) is 0.130. The van der Waals surface area contributed by atoms with Crippen LogP contribution >= 0.6 is 0 Å². The highest BCUT2D eigenvalue weighted by molar-refractivity contribution is 7.93. The monoisotopic (exact) mass is 535 g/mol. The Morgan fingerprint density at radius 3 is 1.64 bits per heavy atom. The van der Waals surface area contributed by atoms with Gasteiger partial charge in [-0.2, -0.15) is 4.99 Å². The Hall–Kier alpha value is -3.91. The molecule has 4 N–H and O–H groups in total. The number of sulfone groups is 2. The molecule has 2 aliphatic heterocycles. The van der Waals surface area contributed by atoms with Crippen molar-refractivity contribution in [2.24, 2.45) is 16.5 Å². The second-order valence-electron chi connectivity index (χ2n) is 8.02. The SMILES string of the molecule is COC(=O)c1cc2c(cc1C)C(=O)CS2(=O)=O.Cc1cc2c(cc1C(=O)N=C(N)N)S(=O)(=O)CC2=O. The van der Waals surface area contributed by atoms with Crippen molar-refractivity contribution in [1.82, 2.24) is 0 Å². The van der Waals surface area contributed by atoms with Gasteiger partial charge in [0.15, 0.2) is 37.2 Å². The van der Waals surface area contributed by atoms with Crippen LogP contribution in [0.1, 0.15) is 52.6 Å². The second-order valence-corrected chi connectivity index (χ2v) is 11.9. The van der Waals surface area contributed by atoms with Gasteiger partial charge in [-0.15, -0.1) is 0 Å². The summed E-state index contributed by atoms with van der Waals surface area (Å²) in [5.74, 6) is -3.76. The van der Waals surface area contributed by atoms with Crippen molar-refractivity contribution < 1.29 is 40.8 Å². The van der Waals surface area contributed by atoms with Gasteiger partial charge in [-0.05, 0) is 49.2 Å². The zero-order chi connectivity index (χ0) is 27.2. The molecule has 36 heavy (non-hydrogen) atoms. The zero-order valence-electron chi connectivity index (χ0n) is 19.3. The van der Waals surface area contributed by atoms with Crippen LogP contribution in [-0.2, 0) is 24.4 Å². The van der Waals surface area contributed by atoms with Crippen molar-refractivity contribution in [1.29, 1.82) is 0 Å². The molecule has 0 spiro atoms. The molecule has 2 aliphatic rings. The molecule has 4 rings (SSSR count). The van der Waals surface area contributed by atoms with Crippen LogP contribution in [0.4, 0.5) is 0 Å². The van der Waals surface area contributed by atoms with E-state index < -0.39 is 60.6 Å². The highest BCUT2D eigenvalue weighted by Gasteiger charge is 2.35. The minimum Gasteiger partial charge on any atom is -0.465 e. The maximum absolute atomic E-state index is 11.8. The number of rotatable bonds is 2. The Balaban J connectivity index is 0.000000202. The molecule has 0 saturated heterocycles. The Kier molecular flexibility index (Phi) is 6.88. The van der Waals surface area contributed by atoms with E-state index in [4.69, 9.17) is 11.5 Å². The molecular formula is C22H21N3O9S2. The molecule has 2 aromatic rings. The van der Waals surface area contributed by atoms with Crippen molar-refractivity contribution in [2.45, 2.75) is 23.6 Å². The predicted molar refractivity (Wildman–Crippen MR) is 127 cm³/mol. The Bertz CT molecular complexity index is 1600. The highest BCUT2D eigenvalue weighted by atomic mass is 32.2. The fourth-order valence-electron chi connectivity index (χ4n) is 3.72. The number of carbonyl (C=O) groups excluding carboxylic acids is 4. The third kappa shape index (κ3) is 4.90. The van der Waals surface area contributed by atoms with Crippen LogP contribution in [0.15, 0.2) is 39.0 Å². The Morgan fingerprint density at radius 2 is 1.22 bits per heavy atom. The van der Waals surface area contributed by atoms with Gasteiger partial charge in [-0.3, -0.25) is 14.4 Å². The summed E-state index contributed by atoms with van der Waals surface area (Å²) in [7, 11) is -6.04. The topological polar surface area (TPSA) is 210 Å². The van der Waals surface area contributed by atoms with Gasteiger partial charge in [0, 0.05) is 16.7 Å². The lowest BCUT2D eigenvalue weighted by Gasteiger charge is -2.06.